The molecule has 2 atom stereocenters. The Morgan fingerprint density at radius 3 is 2.67 bits per heavy atom. The van der Waals surface area contributed by atoms with Crippen LogP contribution in [0.15, 0.2) is 16.7 Å². The highest BCUT2D eigenvalue weighted by molar-refractivity contribution is 5.47. The maximum absolute atomic E-state index is 5.40. The summed E-state index contributed by atoms with van der Waals surface area (Å²) in [5.41, 5.74) is 0.566. The standard InChI is InChI=1S/C14H21N5O2/c1-5-10(9(3)15-6-2)14-16-13(19-21-14)11-7-8-12(20-4)18-17-11/h7-10,15H,5-6H2,1-4H3. The number of rotatable bonds is 7. The second kappa shape index (κ2) is 7.12. The summed E-state index contributed by atoms with van der Waals surface area (Å²) in [6.45, 7) is 7.21. The first-order chi connectivity index (χ1) is 10.2. The number of likely N-dealkylation sites (N-methyl/N-ethyl adjacent to an activating group) is 1. The molecule has 0 aliphatic carbocycles. The Balaban J connectivity index is 2.19. The average molecular weight is 291 g/mol. The third kappa shape index (κ3) is 3.55. The Labute approximate surface area is 124 Å². The summed E-state index contributed by atoms with van der Waals surface area (Å²) in [6.07, 6.45) is 0.921. The molecule has 2 aromatic heterocycles. The van der Waals surface area contributed by atoms with Gasteiger partial charge in [-0.3, -0.25) is 0 Å². The van der Waals surface area contributed by atoms with Crippen molar-refractivity contribution in [3.05, 3.63) is 18.0 Å². The van der Waals surface area contributed by atoms with E-state index < -0.39 is 0 Å². The molecule has 0 spiro atoms. The topological polar surface area (TPSA) is 86.0 Å². The molecule has 0 aliphatic rings. The summed E-state index contributed by atoms with van der Waals surface area (Å²) in [5.74, 6) is 1.70. The predicted octanol–water partition coefficient (Wildman–Crippen LogP) is 2.03. The first-order valence-corrected chi connectivity index (χ1v) is 7.14. The molecule has 1 N–H and O–H groups in total. The highest BCUT2D eigenvalue weighted by Crippen LogP contribution is 2.24. The first-order valence-electron chi connectivity index (χ1n) is 7.14. The lowest BCUT2D eigenvalue weighted by Crippen LogP contribution is -2.31. The van der Waals surface area contributed by atoms with E-state index in [4.69, 9.17) is 9.26 Å². The molecule has 7 nitrogen and oxygen atoms in total. The third-order valence-corrected chi connectivity index (χ3v) is 3.41. The van der Waals surface area contributed by atoms with Crippen molar-refractivity contribution in [3.8, 4) is 17.4 Å². The van der Waals surface area contributed by atoms with Gasteiger partial charge in [0.05, 0.1) is 13.0 Å². The fourth-order valence-electron chi connectivity index (χ4n) is 2.24. The summed E-state index contributed by atoms with van der Waals surface area (Å²) in [4.78, 5) is 4.45. The summed E-state index contributed by atoms with van der Waals surface area (Å²) in [7, 11) is 1.55. The molecule has 0 saturated carbocycles. The van der Waals surface area contributed by atoms with E-state index in [0.717, 1.165) is 13.0 Å². The van der Waals surface area contributed by atoms with E-state index in [0.29, 0.717) is 23.3 Å². The Hall–Kier alpha value is -2.02. The molecule has 0 aliphatic heterocycles. The van der Waals surface area contributed by atoms with Crippen molar-refractivity contribution in [3.63, 3.8) is 0 Å². The van der Waals surface area contributed by atoms with Gasteiger partial charge < -0.3 is 14.6 Å². The second-order valence-electron chi connectivity index (χ2n) is 4.78. The van der Waals surface area contributed by atoms with E-state index in [-0.39, 0.29) is 12.0 Å². The minimum atomic E-state index is 0.178. The van der Waals surface area contributed by atoms with Crippen LogP contribution in [-0.4, -0.2) is 40.0 Å². The van der Waals surface area contributed by atoms with Crippen LogP contribution in [0.25, 0.3) is 11.5 Å². The number of aromatic nitrogens is 4. The molecular formula is C14H21N5O2. The maximum Gasteiger partial charge on any atom is 0.233 e. The van der Waals surface area contributed by atoms with Crippen LogP contribution >= 0.6 is 0 Å². The number of hydrogen-bond acceptors (Lipinski definition) is 7. The zero-order valence-electron chi connectivity index (χ0n) is 12.8. The lowest BCUT2D eigenvalue weighted by Gasteiger charge is -2.19. The number of ether oxygens (including phenoxy) is 1. The van der Waals surface area contributed by atoms with Gasteiger partial charge in [-0.15, -0.1) is 10.2 Å². The monoisotopic (exact) mass is 291 g/mol. The largest absolute Gasteiger partial charge is 0.480 e. The summed E-state index contributed by atoms with van der Waals surface area (Å²) < 4.78 is 10.4. The van der Waals surface area contributed by atoms with Gasteiger partial charge in [-0.25, -0.2) is 0 Å². The molecule has 21 heavy (non-hydrogen) atoms. The molecule has 0 radical (unpaired) electrons. The molecule has 0 amide bonds. The summed E-state index contributed by atoms with van der Waals surface area (Å²) in [6, 6.07) is 3.75. The van der Waals surface area contributed by atoms with E-state index in [1.165, 1.54) is 0 Å². The van der Waals surface area contributed by atoms with Gasteiger partial charge >= 0.3 is 0 Å². The molecule has 0 fully saturated rings. The smallest absolute Gasteiger partial charge is 0.233 e. The van der Waals surface area contributed by atoms with Gasteiger partial charge in [0.15, 0.2) is 0 Å². The van der Waals surface area contributed by atoms with Crippen LogP contribution in [0.4, 0.5) is 0 Å². The van der Waals surface area contributed by atoms with Crippen LogP contribution in [0.2, 0.25) is 0 Å². The Bertz CT molecular complexity index is 555. The van der Waals surface area contributed by atoms with Crippen LogP contribution < -0.4 is 10.1 Å². The number of nitrogens with one attached hydrogen (secondary N) is 1. The van der Waals surface area contributed by atoms with Gasteiger partial charge in [-0.2, -0.15) is 4.98 Å². The molecule has 2 aromatic rings. The van der Waals surface area contributed by atoms with E-state index >= 15 is 0 Å². The molecule has 0 saturated heterocycles. The summed E-state index contributed by atoms with van der Waals surface area (Å²) >= 11 is 0. The number of methoxy groups -OCH3 is 1. The minimum Gasteiger partial charge on any atom is -0.480 e. The first kappa shape index (κ1) is 15.4. The molecule has 2 heterocycles. The van der Waals surface area contributed by atoms with Crippen molar-refractivity contribution in [2.45, 2.75) is 39.2 Å². The lowest BCUT2D eigenvalue weighted by atomic mass is 9.98. The zero-order chi connectivity index (χ0) is 15.2. The van der Waals surface area contributed by atoms with Crippen molar-refractivity contribution in [1.82, 2.24) is 25.7 Å². The molecule has 114 valence electrons. The number of hydrogen-bond donors (Lipinski definition) is 1. The van der Waals surface area contributed by atoms with Gasteiger partial charge in [0.25, 0.3) is 0 Å². The molecule has 0 bridgehead atoms. The molecule has 0 aromatic carbocycles. The van der Waals surface area contributed by atoms with E-state index in [1.807, 2.05) is 0 Å². The van der Waals surface area contributed by atoms with Gasteiger partial charge in [0, 0.05) is 12.1 Å². The SMILES string of the molecule is CCNC(C)C(CC)c1nc(-c2ccc(OC)nn2)no1. The molecule has 7 heteroatoms. The van der Waals surface area contributed by atoms with Crippen LogP contribution in [-0.2, 0) is 0 Å². The van der Waals surface area contributed by atoms with Crippen LogP contribution in [0.1, 0.15) is 39.0 Å². The maximum atomic E-state index is 5.40. The highest BCUT2D eigenvalue weighted by atomic mass is 16.5. The third-order valence-electron chi connectivity index (χ3n) is 3.41. The van der Waals surface area contributed by atoms with Gasteiger partial charge in [0.1, 0.15) is 5.69 Å². The predicted molar refractivity (Wildman–Crippen MR) is 78.0 cm³/mol. The minimum absolute atomic E-state index is 0.178. The fraction of sp³-hybridized carbons (Fsp3) is 0.571. The molecular weight excluding hydrogens is 270 g/mol. The van der Waals surface area contributed by atoms with Crippen LogP contribution in [0.3, 0.4) is 0 Å². The van der Waals surface area contributed by atoms with E-state index in [9.17, 15) is 0 Å². The van der Waals surface area contributed by atoms with Crippen molar-refractivity contribution in [2.75, 3.05) is 13.7 Å². The van der Waals surface area contributed by atoms with Crippen molar-refractivity contribution >= 4 is 0 Å². The normalized spacial score (nSPS) is 13.9. The highest BCUT2D eigenvalue weighted by Gasteiger charge is 2.23. The Morgan fingerprint density at radius 1 is 1.29 bits per heavy atom. The molecule has 2 unspecified atom stereocenters. The summed E-state index contributed by atoms with van der Waals surface area (Å²) in [5, 5.41) is 15.3. The van der Waals surface area contributed by atoms with Crippen molar-refractivity contribution < 1.29 is 9.26 Å². The molecule has 2 rings (SSSR count). The van der Waals surface area contributed by atoms with Gasteiger partial charge in [-0.1, -0.05) is 19.0 Å². The Morgan fingerprint density at radius 2 is 2.10 bits per heavy atom. The second-order valence-corrected chi connectivity index (χ2v) is 4.78. The van der Waals surface area contributed by atoms with E-state index in [2.05, 4.69) is 46.4 Å². The zero-order valence-corrected chi connectivity index (χ0v) is 12.8. The van der Waals surface area contributed by atoms with E-state index in [1.54, 1.807) is 19.2 Å². The number of nitrogens with zero attached hydrogens (tertiary/aromatic N) is 4. The van der Waals surface area contributed by atoms with Crippen molar-refractivity contribution in [1.29, 1.82) is 0 Å². The quantitative estimate of drug-likeness (QED) is 0.835. The Kier molecular flexibility index (Phi) is 5.21. The van der Waals surface area contributed by atoms with Crippen LogP contribution in [0.5, 0.6) is 5.88 Å². The van der Waals surface area contributed by atoms with Crippen molar-refractivity contribution in [2.24, 2.45) is 0 Å². The lowest BCUT2D eigenvalue weighted by molar-refractivity contribution is 0.318. The average Bonchev–Trinajstić information content (AvgIpc) is 2.98. The van der Waals surface area contributed by atoms with Gasteiger partial charge in [-0.05, 0) is 26.0 Å². The van der Waals surface area contributed by atoms with Gasteiger partial charge in [0.2, 0.25) is 17.6 Å². The fourth-order valence-corrected chi connectivity index (χ4v) is 2.24. The van der Waals surface area contributed by atoms with Crippen LogP contribution in [0, 0.1) is 0 Å².